The van der Waals surface area contributed by atoms with Crippen LogP contribution in [0.2, 0.25) is 0 Å². The number of nitrogens with zero attached hydrogens (tertiary/aromatic N) is 1. The fourth-order valence-corrected chi connectivity index (χ4v) is 2.32. The molecule has 0 radical (unpaired) electrons. The van der Waals surface area contributed by atoms with Crippen LogP contribution in [0, 0.1) is 5.92 Å². The molecule has 0 spiro atoms. The predicted molar refractivity (Wildman–Crippen MR) is 66.1 cm³/mol. The van der Waals surface area contributed by atoms with Crippen LogP contribution in [0.5, 0.6) is 0 Å². The molecule has 0 aromatic heterocycles. The van der Waals surface area contributed by atoms with Gasteiger partial charge in [-0.25, -0.2) is 0 Å². The van der Waals surface area contributed by atoms with Gasteiger partial charge < -0.3 is 10.6 Å². The topological polar surface area (TPSA) is 29.3 Å². The van der Waals surface area contributed by atoms with E-state index in [0.29, 0.717) is 0 Å². The molecule has 15 heavy (non-hydrogen) atoms. The zero-order chi connectivity index (χ0) is 10.7. The highest BCUT2D eigenvalue weighted by Crippen LogP contribution is 2.25. The Hall–Kier alpha value is -1.18. The SMILES string of the molecule is CCC1CCN(c2cccc(N)c2)CC1. The second kappa shape index (κ2) is 4.56. The highest BCUT2D eigenvalue weighted by molar-refractivity contribution is 5.56. The van der Waals surface area contributed by atoms with E-state index < -0.39 is 0 Å². The molecule has 1 fully saturated rings. The predicted octanol–water partition coefficient (Wildman–Crippen LogP) is 2.90. The van der Waals surface area contributed by atoms with Crippen molar-refractivity contribution in [3.05, 3.63) is 24.3 Å². The van der Waals surface area contributed by atoms with Crippen LogP contribution < -0.4 is 10.6 Å². The number of hydrogen-bond donors (Lipinski definition) is 1. The average molecular weight is 204 g/mol. The fourth-order valence-electron chi connectivity index (χ4n) is 2.32. The maximum atomic E-state index is 5.79. The summed E-state index contributed by atoms with van der Waals surface area (Å²) in [5.74, 6) is 0.933. The van der Waals surface area contributed by atoms with E-state index in [0.717, 1.165) is 11.6 Å². The van der Waals surface area contributed by atoms with E-state index in [2.05, 4.69) is 24.0 Å². The summed E-state index contributed by atoms with van der Waals surface area (Å²) in [6.45, 7) is 4.66. The van der Waals surface area contributed by atoms with Gasteiger partial charge in [-0.05, 0) is 37.0 Å². The number of nitrogen functional groups attached to an aromatic ring is 1. The summed E-state index contributed by atoms with van der Waals surface area (Å²) in [5, 5.41) is 0. The molecule has 1 aromatic rings. The van der Waals surface area contributed by atoms with Crippen molar-refractivity contribution in [2.24, 2.45) is 5.92 Å². The zero-order valence-electron chi connectivity index (χ0n) is 9.45. The first-order chi connectivity index (χ1) is 7.29. The maximum Gasteiger partial charge on any atom is 0.0386 e. The summed E-state index contributed by atoms with van der Waals surface area (Å²) >= 11 is 0. The van der Waals surface area contributed by atoms with Crippen LogP contribution in [0.4, 0.5) is 11.4 Å². The number of anilines is 2. The van der Waals surface area contributed by atoms with Crippen molar-refractivity contribution < 1.29 is 0 Å². The quantitative estimate of drug-likeness (QED) is 0.750. The Morgan fingerprint density at radius 1 is 1.33 bits per heavy atom. The van der Waals surface area contributed by atoms with Gasteiger partial charge in [0.2, 0.25) is 0 Å². The van der Waals surface area contributed by atoms with Crippen molar-refractivity contribution in [1.29, 1.82) is 0 Å². The van der Waals surface area contributed by atoms with E-state index in [1.165, 1.54) is 38.0 Å². The van der Waals surface area contributed by atoms with Crippen molar-refractivity contribution in [3.8, 4) is 0 Å². The Morgan fingerprint density at radius 2 is 2.07 bits per heavy atom. The molecule has 0 unspecified atom stereocenters. The third-order valence-electron chi connectivity index (χ3n) is 3.43. The number of piperidine rings is 1. The van der Waals surface area contributed by atoms with Gasteiger partial charge in [-0.3, -0.25) is 0 Å². The fraction of sp³-hybridized carbons (Fsp3) is 0.538. The molecule has 2 nitrogen and oxygen atoms in total. The van der Waals surface area contributed by atoms with E-state index in [-0.39, 0.29) is 0 Å². The van der Waals surface area contributed by atoms with Crippen LogP contribution >= 0.6 is 0 Å². The molecule has 1 heterocycles. The third-order valence-corrected chi connectivity index (χ3v) is 3.43. The van der Waals surface area contributed by atoms with Crippen LogP contribution in [0.25, 0.3) is 0 Å². The normalized spacial score (nSPS) is 18.1. The van der Waals surface area contributed by atoms with Crippen molar-refractivity contribution in [2.75, 3.05) is 23.7 Å². The van der Waals surface area contributed by atoms with Gasteiger partial charge in [0.15, 0.2) is 0 Å². The van der Waals surface area contributed by atoms with Gasteiger partial charge in [0.05, 0.1) is 0 Å². The standard InChI is InChI=1S/C13H20N2/c1-2-11-6-8-15(9-7-11)13-5-3-4-12(14)10-13/h3-5,10-11H,2,6-9,14H2,1H3. The third kappa shape index (κ3) is 2.44. The number of nitrogens with two attached hydrogens (primary N) is 1. The van der Waals surface area contributed by atoms with Crippen molar-refractivity contribution >= 4 is 11.4 Å². The van der Waals surface area contributed by atoms with Crippen molar-refractivity contribution in [3.63, 3.8) is 0 Å². The van der Waals surface area contributed by atoms with E-state index in [1.54, 1.807) is 0 Å². The highest BCUT2D eigenvalue weighted by atomic mass is 15.1. The molecule has 0 atom stereocenters. The molecule has 0 saturated carbocycles. The van der Waals surface area contributed by atoms with Crippen LogP contribution in [-0.4, -0.2) is 13.1 Å². The Morgan fingerprint density at radius 3 is 2.67 bits per heavy atom. The number of hydrogen-bond acceptors (Lipinski definition) is 2. The first-order valence-corrected chi connectivity index (χ1v) is 5.90. The molecular weight excluding hydrogens is 184 g/mol. The van der Waals surface area contributed by atoms with Crippen LogP contribution in [0.1, 0.15) is 26.2 Å². The van der Waals surface area contributed by atoms with Crippen LogP contribution in [0.3, 0.4) is 0 Å². The lowest BCUT2D eigenvalue weighted by Gasteiger charge is -2.33. The van der Waals surface area contributed by atoms with Gasteiger partial charge in [0, 0.05) is 24.5 Å². The molecule has 2 heteroatoms. The summed E-state index contributed by atoms with van der Waals surface area (Å²) < 4.78 is 0. The van der Waals surface area contributed by atoms with Gasteiger partial charge in [-0.1, -0.05) is 19.4 Å². The lowest BCUT2D eigenvalue weighted by molar-refractivity contribution is 0.395. The first kappa shape index (κ1) is 10.3. The van der Waals surface area contributed by atoms with E-state index in [1.807, 2.05) is 12.1 Å². The van der Waals surface area contributed by atoms with E-state index in [9.17, 15) is 0 Å². The van der Waals surface area contributed by atoms with Crippen LogP contribution in [-0.2, 0) is 0 Å². The van der Waals surface area contributed by atoms with Crippen LogP contribution in [0.15, 0.2) is 24.3 Å². The molecule has 1 aliphatic heterocycles. The molecule has 1 saturated heterocycles. The molecule has 0 amide bonds. The maximum absolute atomic E-state index is 5.79. The minimum atomic E-state index is 0.866. The molecule has 82 valence electrons. The van der Waals surface area contributed by atoms with E-state index >= 15 is 0 Å². The Balaban J connectivity index is 2.01. The lowest BCUT2D eigenvalue weighted by atomic mass is 9.94. The van der Waals surface area contributed by atoms with Gasteiger partial charge >= 0.3 is 0 Å². The van der Waals surface area contributed by atoms with Gasteiger partial charge in [0.25, 0.3) is 0 Å². The molecule has 0 bridgehead atoms. The summed E-state index contributed by atoms with van der Waals surface area (Å²) in [7, 11) is 0. The molecule has 0 aliphatic carbocycles. The Labute approximate surface area is 92.1 Å². The summed E-state index contributed by atoms with van der Waals surface area (Å²) in [4.78, 5) is 2.45. The van der Waals surface area contributed by atoms with Gasteiger partial charge in [0.1, 0.15) is 0 Å². The second-order valence-corrected chi connectivity index (χ2v) is 4.43. The lowest BCUT2D eigenvalue weighted by Crippen LogP contribution is -2.33. The molecule has 1 aliphatic rings. The van der Waals surface area contributed by atoms with Gasteiger partial charge in [-0.2, -0.15) is 0 Å². The monoisotopic (exact) mass is 204 g/mol. The molecular formula is C13H20N2. The summed E-state index contributed by atoms with van der Waals surface area (Å²) in [6, 6.07) is 8.22. The molecule has 1 aromatic carbocycles. The average Bonchev–Trinajstić information content (AvgIpc) is 2.29. The van der Waals surface area contributed by atoms with Gasteiger partial charge in [-0.15, -0.1) is 0 Å². The minimum Gasteiger partial charge on any atom is -0.399 e. The summed E-state index contributed by atoms with van der Waals surface area (Å²) in [6.07, 6.45) is 3.97. The summed E-state index contributed by atoms with van der Waals surface area (Å²) in [5.41, 5.74) is 7.94. The van der Waals surface area contributed by atoms with Crippen molar-refractivity contribution in [1.82, 2.24) is 0 Å². The smallest absolute Gasteiger partial charge is 0.0386 e. The first-order valence-electron chi connectivity index (χ1n) is 5.90. The Bertz CT molecular complexity index is 314. The van der Waals surface area contributed by atoms with E-state index in [4.69, 9.17) is 5.73 Å². The number of rotatable bonds is 2. The molecule has 2 rings (SSSR count). The molecule has 2 N–H and O–H groups in total. The number of benzene rings is 1. The highest BCUT2D eigenvalue weighted by Gasteiger charge is 2.17. The zero-order valence-corrected chi connectivity index (χ0v) is 9.45. The minimum absolute atomic E-state index is 0.866. The Kier molecular flexibility index (Phi) is 3.14. The second-order valence-electron chi connectivity index (χ2n) is 4.43. The van der Waals surface area contributed by atoms with Crippen molar-refractivity contribution in [2.45, 2.75) is 26.2 Å². The largest absolute Gasteiger partial charge is 0.399 e.